The predicted molar refractivity (Wildman–Crippen MR) is 170 cm³/mol. The molecule has 0 saturated heterocycles. The molecule has 0 bridgehead atoms. The van der Waals surface area contributed by atoms with Crippen LogP contribution in [0.4, 0.5) is 15.8 Å². The molecule has 240 valence electrons. The fourth-order valence-electron chi connectivity index (χ4n) is 6.56. The average molecular weight is 648 g/mol. The fraction of sp³-hybridized carbons (Fsp3) is 0.364. The van der Waals surface area contributed by atoms with Crippen LogP contribution >= 0.6 is 0 Å². The van der Waals surface area contributed by atoms with Gasteiger partial charge in [0.1, 0.15) is 11.4 Å². The number of carbonyl (C=O) groups excluding carboxylic acids is 1. The first-order chi connectivity index (χ1) is 22.2. The van der Waals surface area contributed by atoms with Crippen LogP contribution in [0.15, 0.2) is 71.8 Å². The van der Waals surface area contributed by atoms with Gasteiger partial charge in [-0.3, -0.25) is 19.8 Å². The van der Waals surface area contributed by atoms with Crippen LogP contribution in [0.3, 0.4) is 0 Å². The number of sulfonamides is 1. The van der Waals surface area contributed by atoms with Gasteiger partial charge < -0.3 is 15.0 Å². The number of nitrogens with zero attached hydrogens (tertiary/aromatic N) is 2. The maximum Gasteiger partial charge on any atom is 0.293 e. The van der Waals surface area contributed by atoms with E-state index in [1.165, 1.54) is 68.1 Å². The molecule has 3 aliphatic rings. The second-order valence-electron chi connectivity index (χ2n) is 12.4. The SMILES string of the molecule is O=C(NS(=O)(=O)c1ccc(NC2CCC(N(C3CC3)C3CC3)CC2)c([N+](=O)[O-])c1)c1ccccc1Oc1cc2cc[nH]c2cc1F. The lowest BCUT2D eigenvalue weighted by atomic mass is 9.89. The van der Waals surface area contributed by atoms with Gasteiger partial charge in [0.25, 0.3) is 21.6 Å². The van der Waals surface area contributed by atoms with E-state index in [1.54, 1.807) is 18.3 Å². The Balaban J connectivity index is 1.04. The van der Waals surface area contributed by atoms with E-state index in [9.17, 15) is 27.7 Å². The van der Waals surface area contributed by atoms with Crippen LogP contribution in [-0.4, -0.2) is 53.3 Å². The minimum Gasteiger partial charge on any atom is -0.453 e. The zero-order chi connectivity index (χ0) is 32.0. The number of halogens is 1. The van der Waals surface area contributed by atoms with Gasteiger partial charge in [0, 0.05) is 53.4 Å². The number of aromatic nitrogens is 1. The number of benzene rings is 3. The molecule has 0 unspecified atom stereocenters. The van der Waals surface area contributed by atoms with Crippen molar-refractivity contribution in [1.82, 2.24) is 14.6 Å². The van der Waals surface area contributed by atoms with E-state index in [0.717, 1.165) is 43.8 Å². The zero-order valence-electron chi connectivity index (χ0n) is 24.9. The summed E-state index contributed by atoms with van der Waals surface area (Å²) in [6, 6.07) is 15.9. The van der Waals surface area contributed by atoms with E-state index in [2.05, 4.69) is 15.2 Å². The quantitative estimate of drug-likeness (QED) is 0.124. The molecule has 4 aromatic rings. The van der Waals surface area contributed by atoms with Gasteiger partial charge in [-0.05, 0) is 87.8 Å². The topological polar surface area (TPSA) is 147 Å². The first-order valence-electron chi connectivity index (χ1n) is 15.6. The molecule has 3 aromatic carbocycles. The van der Waals surface area contributed by atoms with Crippen LogP contribution < -0.4 is 14.8 Å². The van der Waals surface area contributed by atoms with Gasteiger partial charge in [-0.1, -0.05) is 12.1 Å². The Morgan fingerprint density at radius 3 is 2.26 bits per heavy atom. The molecule has 0 spiro atoms. The first kappa shape index (κ1) is 30.2. The lowest BCUT2D eigenvalue weighted by Crippen LogP contribution is -2.43. The van der Waals surface area contributed by atoms with E-state index in [-0.39, 0.29) is 28.8 Å². The van der Waals surface area contributed by atoms with Crippen molar-refractivity contribution in [3.05, 3.63) is 88.4 Å². The maximum atomic E-state index is 14.7. The molecular weight excluding hydrogens is 613 g/mol. The number of ether oxygens (including phenoxy) is 1. The lowest BCUT2D eigenvalue weighted by Gasteiger charge is -2.37. The lowest BCUT2D eigenvalue weighted by molar-refractivity contribution is -0.384. The van der Waals surface area contributed by atoms with Crippen molar-refractivity contribution in [3.8, 4) is 11.5 Å². The van der Waals surface area contributed by atoms with E-state index in [0.29, 0.717) is 16.9 Å². The van der Waals surface area contributed by atoms with Crippen LogP contribution in [0.5, 0.6) is 11.5 Å². The summed E-state index contributed by atoms with van der Waals surface area (Å²) >= 11 is 0. The number of rotatable bonds is 11. The average Bonchev–Trinajstić information content (AvgIpc) is 3.98. The fourth-order valence-corrected chi connectivity index (χ4v) is 7.54. The molecule has 1 heterocycles. The molecular formula is C33H34FN5O6S. The molecule has 11 nitrogen and oxygen atoms in total. The Bertz CT molecular complexity index is 1900. The Hall–Kier alpha value is -4.49. The Morgan fingerprint density at radius 2 is 1.59 bits per heavy atom. The van der Waals surface area contributed by atoms with Gasteiger partial charge in [0.15, 0.2) is 11.6 Å². The Labute approximate surface area is 265 Å². The maximum absolute atomic E-state index is 14.7. The second kappa shape index (κ2) is 12.0. The summed E-state index contributed by atoms with van der Waals surface area (Å²) in [6.07, 6.45) is 10.6. The number of hydrogen-bond donors (Lipinski definition) is 3. The highest BCUT2D eigenvalue weighted by Gasteiger charge is 2.43. The van der Waals surface area contributed by atoms with Crippen LogP contribution in [0.25, 0.3) is 10.9 Å². The highest BCUT2D eigenvalue weighted by atomic mass is 32.2. The third-order valence-electron chi connectivity index (χ3n) is 9.08. The van der Waals surface area contributed by atoms with Crippen LogP contribution in [0, 0.1) is 15.9 Å². The van der Waals surface area contributed by atoms with Gasteiger partial charge in [0.2, 0.25) is 0 Å². The van der Waals surface area contributed by atoms with Crippen molar-refractivity contribution in [1.29, 1.82) is 0 Å². The highest BCUT2D eigenvalue weighted by Crippen LogP contribution is 2.42. The van der Waals surface area contributed by atoms with Gasteiger partial charge in [-0.2, -0.15) is 0 Å². The number of nitrogens with one attached hydrogen (secondary N) is 3. The van der Waals surface area contributed by atoms with E-state index < -0.39 is 37.3 Å². The van der Waals surface area contributed by atoms with E-state index in [4.69, 9.17) is 4.74 Å². The van der Waals surface area contributed by atoms with Crippen LogP contribution in [-0.2, 0) is 10.0 Å². The molecule has 1 aromatic heterocycles. The van der Waals surface area contributed by atoms with Crippen molar-refractivity contribution in [2.45, 2.75) is 80.4 Å². The van der Waals surface area contributed by atoms with E-state index >= 15 is 0 Å². The third-order valence-corrected chi connectivity index (χ3v) is 10.4. The molecule has 7 rings (SSSR count). The molecule has 1 amide bonds. The smallest absolute Gasteiger partial charge is 0.293 e. The van der Waals surface area contributed by atoms with Gasteiger partial charge in [0.05, 0.1) is 15.4 Å². The highest BCUT2D eigenvalue weighted by molar-refractivity contribution is 7.90. The third kappa shape index (κ3) is 6.29. The standard InChI is InChI=1S/C33H34FN5O6S/c34-27-19-29-20(15-16-35-29)17-32(27)45-31-4-2-1-3-26(31)33(40)37-46(43,44)25-13-14-28(30(18-25)39(41)42)36-21-5-7-22(8-6-21)38(23-9-10-23)24-11-12-24/h1-4,13-19,21-24,35-36H,5-12H2,(H,37,40). The molecule has 0 radical (unpaired) electrons. The second-order valence-corrected chi connectivity index (χ2v) is 14.1. The molecule has 3 fully saturated rings. The number of nitro benzene ring substituents is 1. The number of carbonyl (C=O) groups is 1. The number of H-pyrrole nitrogens is 1. The zero-order valence-corrected chi connectivity index (χ0v) is 25.8. The summed E-state index contributed by atoms with van der Waals surface area (Å²) in [5, 5.41) is 16.0. The molecule has 0 aliphatic heterocycles. The summed E-state index contributed by atoms with van der Waals surface area (Å²) in [5.41, 5.74) is 0.244. The number of anilines is 1. The Kier molecular flexibility index (Phi) is 7.89. The van der Waals surface area contributed by atoms with E-state index in [1.807, 2.05) is 4.72 Å². The predicted octanol–water partition coefficient (Wildman–Crippen LogP) is 6.48. The van der Waals surface area contributed by atoms with Crippen molar-refractivity contribution < 1.29 is 27.3 Å². The monoisotopic (exact) mass is 647 g/mol. The molecule has 3 N–H and O–H groups in total. The molecule has 3 saturated carbocycles. The van der Waals surface area contributed by atoms with Crippen molar-refractivity contribution in [2.75, 3.05) is 5.32 Å². The van der Waals surface area contributed by atoms with Crippen LogP contribution in [0.2, 0.25) is 0 Å². The van der Waals surface area contributed by atoms with Crippen molar-refractivity contribution >= 4 is 38.2 Å². The minimum absolute atomic E-state index is 0.0386. The number of para-hydroxylation sites is 1. The summed E-state index contributed by atoms with van der Waals surface area (Å²) < 4.78 is 48.9. The normalized spacial score (nSPS) is 20.0. The number of nitro groups is 1. The molecule has 0 atom stereocenters. The number of fused-ring (bicyclic) bond motifs is 1. The number of aromatic amines is 1. The number of hydrogen-bond acceptors (Lipinski definition) is 8. The van der Waals surface area contributed by atoms with Gasteiger partial charge in [-0.25, -0.2) is 17.5 Å². The molecule has 3 aliphatic carbocycles. The first-order valence-corrected chi connectivity index (χ1v) is 17.1. The summed E-state index contributed by atoms with van der Waals surface area (Å²) in [4.78, 5) is 29.8. The summed E-state index contributed by atoms with van der Waals surface area (Å²) in [7, 11) is -4.52. The number of amides is 1. The largest absolute Gasteiger partial charge is 0.453 e. The van der Waals surface area contributed by atoms with Crippen molar-refractivity contribution in [2.24, 2.45) is 0 Å². The Morgan fingerprint density at radius 1 is 0.913 bits per heavy atom. The summed E-state index contributed by atoms with van der Waals surface area (Å²) in [6.45, 7) is 0. The van der Waals surface area contributed by atoms with Gasteiger partial charge in [-0.15, -0.1) is 0 Å². The summed E-state index contributed by atoms with van der Waals surface area (Å²) in [5.74, 6) is -1.93. The van der Waals surface area contributed by atoms with Gasteiger partial charge >= 0.3 is 0 Å². The van der Waals surface area contributed by atoms with Crippen molar-refractivity contribution in [3.63, 3.8) is 0 Å². The minimum atomic E-state index is -4.52. The molecule has 13 heteroatoms. The molecule has 46 heavy (non-hydrogen) atoms. The van der Waals surface area contributed by atoms with Crippen LogP contribution in [0.1, 0.15) is 61.7 Å².